The highest BCUT2D eigenvalue weighted by Crippen LogP contribution is 2.16. The molecule has 0 aliphatic heterocycles. The van der Waals surface area contributed by atoms with Crippen LogP contribution in [0.15, 0.2) is 84.9 Å². The Hall–Kier alpha value is -2.78. The molecule has 3 aromatic carbocycles. The number of para-hydroxylation sites is 1. The minimum Gasteiger partial charge on any atom is -0.490 e. The van der Waals surface area contributed by atoms with Gasteiger partial charge in [0.2, 0.25) is 0 Å². The Labute approximate surface area is 158 Å². The first-order chi connectivity index (χ1) is 12.7. The van der Waals surface area contributed by atoms with Crippen molar-refractivity contribution in [2.75, 3.05) is 6.61 Å². The number of carbonyl (C=O) groups is 1. The van der Waals surface area contributed by atoms with Crippen LogP contribution in [0.2, 0.25) is 5.02 Å². The summed E-state index contributed by atoms with van der Waals surface area (Å²) in [6, 6.07) is 26.1. The van der Waals surface area contributed by atoms with Gasteiger partial charge in [0.1, 0.15) is 18.5 Å². The van der Waals surface area contributed by atoms with Gasteiger partial charge in [-0.1, -0.05) is 66.2 Å². The minimum absolute atomic E-state index is 0.269. The van der Waals surface area contributed by atoms with Crippen molar-refractivity contribution >= 4 is 17.6 Å². The number of halogens is 1. The molecule has 0 fully saturated rings. The second kappa shape index (κ2) is 9.07. The van der Waals surface area contributed by atoms with Gasteiger partial charge < -0.3 is 9.47 Å². The molecule has 26 heavy (non-hydrogen) atoms. The van der Waals surface area contributed by atoms with Crippen molar-refractivity contribution in [3.8, 4) is 5.75 Å². The molecule has 1 unspecified atom stereocenters. The van der Waals surface area contributed by atoms with Crippen LogP contribution in [-0.4, -0.2) is 18.7 Å². The third kappa shape index (κ3) is 5.36. The summed E-state index contributed by atoms with van der Waals surface area (Å²) < 4.78 is 11.5. The van der Waals surface area contributed by atoms with E-state index in [1.165, 1.54) is 0 Å². The van der Waals surface area contributed by atoms with Gasteiger partial charge in [0.25, 0.3) is 0 Å². The van der Waals surface area contributed by atoms with E-state index in [4.69, 9.17) is 21.1 Å². The minimum atomic E-state index is -0.413. The molecule has 0 heterocycles. The number of esters is 1. The molecule has 0 saturated carbocycles. The molecule has 3 aromatic rings. The second-order valence-electron chi connectivity index (χ2n) is 5.85. The van der Waals surface area contributed by atoms with Crippen LogP contribution in [0, 0.1) is 0 Å². The van der Waals surface area contributed by atoms with Gasteiger partial charge in [-0.25, -0.2) is 4.79 Å². The van der Waals surface area contributed by atoms with Crippen LogP contribution in [0.3, 0.4) is 0 Å². The van der Waals surface area contributed by atoms with Crippen LogP contribution in [-0.2, 0) is 11.2 Å². The molecule has 0 aliphatic carbocycles. The fraction of sp³-hybridized carbons (Fsp3) is 0.136. The van der Waals surface area contributed by atoms with Gasteiger partial charge in [-0.05, 0) is 35.9 Å². The van der Waals surface area contributed by atoms with Crippen LogP contribution < -0.4 is 4.74 Å². The lowest BCUT2D eigenvalue weighted by molar-refractivity contribution is 0.0177. The van der Waals surface area contributed by atoms with E-state index in [1.54, 1.807) is 24.3 Å². The highest BCUT2D eigenvalue weighted by molar-refractivity contribution is 6.30. The van der Waals surface area contributed by atoms with Crippen LogP contribution in [0.25, 0.3) is 0 Å². The van der Waals surface area contributed by atoms with E-state index in [-0.39, 0.29) is 6.61 Å². The Kier molecular flexibility index (Phi) is 6.29. The number of rotatable bonds is 7. The zero-order chi connectivity index (χ0) is 18.2. The summed E-state index contributed by atoms with van der Waals surface area (Å²) in [5.74, 6) is 0.328. The zero-order valence-electron chi connectivity index (χ0n) is 14.2. The maximum atomic E-state index is 12.5. The number of carbonyl (C=O) groups excluding carboxylic acids is 1. The van der Waals surface area contributed by atoms with E-state index >= 15 is 0 Å². The number of hydrogen-bond donors (Lipinski definition) is 0. The van der Waals surface area contributed by atoms with Gasteiger partial charge >= 0.3 is 5.97 Å². The van der Waals surface area contributed by atoms with Gasteiger partial charge in [-0.2, -0.15) is 0 Å². The van der Waals surface area contributed by atoms with Gasteiger partial charge in [-0.15, -0.1) is 0 Å². The molecule has 0 saturated heterocycles. The Balaban J connectivity index is 1.70. The van der Waals surface area contributed by atoms with Gasteiger partial charge in [-0.3, -0.25) is 0 Å². The summed E-state index contributed by atoms with van der Waals surface area (Å²) in [5.41, 5.74) is 1.50. The van der Waals surface area contributed by atoms with E-state index in [0.717, 1.165) is 11.3 Å². The topological polar surface area (TPSA) is 35.5 Å². The predicted octanol–water partition coefficient (Wildman–Crippen LogP) is 5.19. The van der Waals surface area contributed by atoms with Gasteiger partial charge in [0, 0.05) is 11.4 Å². The molecule has 0 aromatic heterocycles. The van der Waals surface area contributed by atoms with Crippen LogP contribution in [0.4, 0.5) is 0 Å². The lowest BCUT2D eigenvalue weighted by Gasteiger charge is -2.19. The van der Waals surface area contributed by atoms with Crippen molar-refractivity contribution < 1.29 is 14.3 Å². The summed E-state index contributed by atoms with van der Waals surface area (Å²) in [5, 5.41) is 0.500. The van der Waals surface area contributed by atoms with E-state index < -0.39 is 12.1 Å². The smallest absolute Gasteiger partial charge is 0.338 e. The summed E-state index contributed by atoms with van der Waals surface area (Å²) in [6.07, 6.45) is 0.157. The molecule has 0 spiro atoms. The SMILES string of the molecule is O=C(OC(COc1ccccc1)Cc1ccccc1)c1cccc(Cl)c1. The van der Waals surface area contributed by atoms with E-state index in [2.05, 4.69) is 0 Å². The average molecular weight is 367 g/mol. The first kappa shape index (κ1) is 18.0. The normalized spacial score (nSPS) is 11.6. The summed E-state index contributed by atoms with van der Waals surface area (Å²) in [7, 11) is 0. The molecule has 4 heteroatoms. The average Bonchev–Trinajstić information content (AvgIpc) is 2.68. The molecule has 3 rings (SSSR count). The molecule has 0 amide bonds. The van der Waals surface area contributed by atoms with Crippen LogP contribution in [0.1, 0.15) is 15.9 Å². The number of hydrogen-bond acceptors (Lipinski definition) is 3. The molecule has 0 radical (unpaired) electrons. The van der Waals surface area contributed by atoms with Crippen molar-refractivity contribution in [2.45, 2.75) is 12.5 Å². The first-order valence-corrected chi connectivity index (χ1v) is 8.77. The maximum absolute atomic E-state index is 12.5. The standard InChI is InChI=1S/C22H19ClO3/c23-19-11-7-10-18(15-19)22(24)26-21(14-17-8-3-1-4-9-17)16-25-20-12-5-2-6-13-20/h1-13,15,21H,14,16H2. The molecule has 0 N–H and O–H groups in total. The van der Waals surface area contributed by atoms with Crippen molar-refractivity contribution in [2.24, 2.45) is 0 Å². The highest BCUT2D eigenvalue weighted by Gasteiger charge is 2.18. The maximum Gasteiger partial charge on any atom is 0.338 e. The summed E-state index contributed by atoms with van der Waals surface area (Å²) in [6.45, 7) is 0.269. The number of benzene rings is 3. The molecular weight excluding hydrogens is 348 g/mol. The molecule has 1 atom stereocenters. The molecule has 0 bridgehead atoms. The number of ether oxygens (including phenoxy) is 2. The van der Waals surface area contributed by atoms with Crippen molar-refractivity contribution in [1.82, 2.24) is 0 Å². The quantitative estimate of drug-likeness (QED) is 0.540. The second-order valence-corrected chi connectivity index (χ2v) is 6.29. The fourth-order valence-electron chi connectivity index (χ4n) is 2.55. The summed E-state index contributed by atoms with van der Waals surface area (Å²) >= 11 is 5.96. The molecule has 3 nitrogen and oxygen atoms in total. The lowest BCUT2D eigenvalue weighted by atomic mass is 10.1. The Morgan fingerprint density at radius 3 is 2.27 bits per heavy atom. The molecule has 0 aliphatic rings. The lowest BCUT2D eigenvalue weighted by Crippen LogP contribution is -2.27. The van der Waals surface area contributed by atoms with Gasteiger partial charge in [0.05, 0.1) is 5.56 Å². The Morgan fingerprint density at radius 1 is 0.885 bits per heavy atom. The van der Waals surface area contributed by atoms with E-state index in [9.17, 15) is 4.79 Å². The molecule has 132 valence electrons. The fourth-order valence-corrected chi connectivity index (χ4v) is 2.74. The predicted molar refractivity (Wildman–Crippen MR) is 103 cm³/mol. The molecular formula is C22H19ClO3. The van der Waals surface area contributed by atoms with E-state index in [1.807, 2.05) is 60.7 Å². The Bertz CT molecular complexity index is 834. The first-order valence-electron chi connectivity index (χ1n) is 8.39. The summed E-state index contributed by atoms with van der Waals surface area (Å²) in [4.78, 5) is 12.5. The van der Waals surface area contributed by atoms with Crippen molar-refractivity contribution in [3.63, 3.8) is 0 Å². The van der Waals surface area contributed by atoms with Crippen LogP contribution in [0.5, 0.6) is 5.75 Å². The zero-order valence-corrected chi connectivity index (χ0v) is 14.9. The third-order valence-corrected chi connectivity index (χ3v) is 4.05. The highest BCUT2D eigenvalue weighted by atomic mass is 35.5. The largest absolute Gasteiger partial charge is 0.490 e. The van der Waals surface area contributed by atoms with Crippen LogP contribution >= 0.6 is 11.6 Å². The monoisotopic (exact) mass is 366 g/mol. The van der Waals surface area contributed by atoms with E-state index in [0.29, 0.717) is 17.0 Å². The van der Waals surface area contributed by atoms with Gasteiger partial charge in [0.15, 0.2) is 0 Å². The van der Waals surface area contributed by atoms with Crippen molar-refractivity contribution in [1.29, 1.82) is 0 Å². The Morgan fingerprint density at radius 2 is 1.58 bits per heavy atom. The van der Waals surface area contributed by atoms with Crippen molar-refractivity contribution in [3.05, 3.63) is 101 Å². The third-order valence-electron chi connectivity index (χ3n) is 3.82.